The molecule has 0 bridgehead atoms. The number of hydrogen-bond donors (Lipinski definition) is 1. The second-order valence-electron chi connectivity index (χ2n) is 5.57. The molecule has 1 N–H and O–H groups in total. The molecule has 1 aliphatic rings. The Morgan fingerprint density at radius 1 is 1.00 bits per heavy atom. The average molecular weight is 225 g/mol. The van der Waals surface area contributed by atoms with Gasteiger partial charge in [-0.2, -0.15) is 0 Å². The van der Waals surface area contributed by atoms with E-state index in [-0.39, 0.29) is 0 Å². The largest absolute Gasteiger partial charge is 0.317 e. The van der Waals surface area contributed by atoms with Crippen LogP contribution < -0.4 is 5.32 Å². The van der Waals surface area contributed by atoms with Gasteiger partial charge in [-0.3, -0.25) is 0 Å². The van der Waals surface area contributed by atoms with Gasteiger partial charge in [0.2, 0.25) is 0 Å². The van der Waals surface area contributed by atoms with Crippen LogP contribution in [0.2, 0.25) is 0 Å². The maximum Gasteiger partial charge on any atom is 0.00947 e. The first kappa shape index (κ1) is 14.0. The van der Waals surface area contributed by atoms with Gasteiger partial charge in [0.25, 0.3) is 0 Å². The highest BCUT2D eigenvalue weighted by Gasteiger charge is 2.21. The Bertz CT molecular complexity index is 155. The molecule has 0 radical (unpaired) electrons. The molecule has 0 spiro atoms. The fourth-order valence-corrected chi connectivity index (χ4v) is 3.36. The minimum atomic E-state index is 0.762. The van der Waals surface area contributed by atoms with Crippen molar-refractivity contribution in [1.82, 2.24) is 5.32 Å². The van der Waals surface area contributed by atoms with Crippen LogP contribution in [-0.2, 0) is 0 Å². The van der Waals surface area contributed by atoms with Crippen LogP contribution in [0.3, 0.4) is 0 Å². The molecular weight excluding hydrogens is 194 g/mol. The third kappa shape index (κ3) is 4.45. The van der Waals surface area contributed by atoms with Crippen LogP contribution >= 0.6 is 0 Å². The molecule has 0 heterocycles. The summed E-state index contributed by atoms with van der Waals surface area (Å²) in [5, 5.41) is 3.57. The van der Waals surface area contributed by atoms with Crippen molar-refractivity contribution in [2.45, 2.75) is 77.7 Å². The first-order valence-electron chi connectivity index (χ1n) is 7.49. The van der Waals surface area contributed by atoms with Gasteiger partial charge in [-0.05, 0) is 25.3 Å². The molecule has 1 nitrogen and oxygen atoms in total. The number of nitrogens with one attached hydrogen (secondary N) is 1. The summed E-state index contributed by atoms with van der Waals surface area (Å²) in [6, 6.07) is 0.762. The van der Waals surface area contributed by atoms with Gasteiger partial charge in [0.05, 0.1) is 0 Å². The molecule has 0 aromatic carbocycles. The predicted octanol–water partition coefficient (Wildman–Crippen LogP) is 4.37. The van der Waals surface area contributed by atoms with Gasteiger partial charge < -0.3 is 5.32 Å². The maximum atomic E-state index is 3.57. The van der Waals surface area contributed by atoms with Gasteiger partial charge in [-0.25, -0.2) is 0 Å². The van der Waals surface area contributed by atoms with E-state index in [1.807, 2.05) is 0 Å². The second-order valence-corrected chi connectivity index (χ2v) is 5.57. The van der Waals surface area contributed by atoms with Crippen molar-refractivity contribution in [3.63, 3.8) is 0 Å². The van der Waals surface area contributed by atoms with Crippen LogP contribution in [0.4, 0.5) is 0 Å². The van der Waals surface area contributed by atoms with E-state index in [1.165, 1.54) is 57.8 Å². The highest BCUT2D eigenvalue weighted by molar-refractivity contribution is 4.78. The molecule has 96 valence electrons. The Balaban J connectivity index is 2.40. The van der Waals surface area contributed by atoms with Crippen LogP contribution in [0.15, 0.2) is 0 Å². The summed E-state index contributed by atoms with van der Waals surface area (Å²) in [6.07, 6.45) is 13.0. The highest BCUT2D eigenvalue weighted by atomic mass is 14.9. The lowest BCUT2D eigenvalue weighted by molar-refractivity contribution is 0.275. The summed E-state index contributed by atoms with van der Waals surface area (Å²) < 4.78 is 0. The SMILES string of the molecule is CCC(CC)C(CC1CCCCCC1)NC. The first-order valence-corrected chi connectivity index (χ1v) is 7.49. The van der Waals surface area contributed by atoms with Gasteiger partial charge in [0, 0.05) is 6.04 Å². The molecule has 0 aromatic rings. The van der Waals surface area contributed by atoms with E-state index < -0.39 is 0 Å². The lowest BCUT2D eigenvalue weighted by Gasteiger charge is -2.28. The summed E-state index contributed by atoms with van der Waals surface area (Å²) in [6.45, 7) is 4.68. The van der Waals surface area contributed by atoms with Crippen molar-refractivity contribution < 1.29 is 0 Å². The van der Waals surface area contributed by atoms with Gasteiger partial charge in [0.15, 0.2) is 0 Å². The predicted molar refractivity (Wildman–Crippen MR) is 72.7 cm³/mol. The van der Waals surface area contributed by atoms with E-state index in [0.717, 1.165) is 17.9 Å². The molecule has 0 saturated heterocycles. The van der Waals surface area contributed by atoms with Crippen LogP contribution in [0, 0.1) is 11.8 Å². The van der Waals surface area contributed by atoms with Gasteiger partial charge in [0.1, 0.15) is 0 Å². The molecule has 1 atom stereocenters. The normalized spacial score (nSPS) is 21.0. The van der Waals surface area contributed by atoms with E-state index in [1.54, 1.807) is 0 Å². The van der Waals surface area contributed by atoms with Crippen LogP contribution in [0.1, 0.15) is 71.6 Å². The van der Waals surface area contributed by atoms with Crippen LogP contribution in [0.25, 0.3) is 0 Å². The van der Waals surface area contributed by atoms with Crippen LogP contribution in [-0.4, -0.2) is 13.1 Å². The quantitative estimate of drug-likeness (QED) is 0.662. The summed E-state index contributed by atoms with van der Waals surface area (Å²) in [7, 11) is 2.15. The third-order valence-corrected chi connectivity index (χ3v) is 4.55. The molecule has 1 fully saturated rings. The Morgan fingerprint density at radius 3 is 2.00 bits per heavy atom. The van der Waals surface area contributed by atoms with E-state index in [9.17, 15) is 0 Å². The molecule has 1 heteroatoms. The Kier molecular flexibility index (Phi) is 7.11. The van der Waals surface area contributed by atoms with Crippen molar-refractivity contribution in [2.24, 2.45) is 11.8 Å². The second kappa shape index (κ2) is 8.11. The monoisotopic (exact) mass is 225 g/mol. The van der Waals surface area contributed by atoms with Gasteiger partial charge in [-0.15, -0.1) is 0 Å². The van der Waals surface area contributed by atoms with Crippen LogP contribution in [0.5, 0.6) is 0 Å². The van der Waals surface area contributed by atoms with Crippen molar-refractivity contribution in [2.75, 3.05) is 7.05 Å². The van der Waals surface area contributed by atoms with E-state index in [4.69, 9.17) is 0 Å². The molecule has 16 heavy (non-hydrogen) atoms. The summed E-state index contributed by atoms with van der Waals surface area (Å²) >= 11 is 0. The minimum Gasteiger partial charge on any atom is -0.317 e. The average Bonchev–Trinajstić information content (AvgIpc) is 2.57. The highest BCUT2D eigenvalue weighted by Crippen LogP contribution is 2.29. The first-order chi connectivity index (χ1) is 7.81. The Morgan fingerprint density at radius 2 is 1.56 bits per heavy atom. The Hall–Kier alpha value is -0.0400. The maximum absolute atomic E-state index is 3.57. The number of rotatable bonds is 6. The zero-order chi connectivity index (χ0) is 11.8. The van der Waals surface area contributed by atoms with E-state index in [2.05, 4.69) is 26.2 Å². The smallest absolute Gasteiger partial charge is 0.00947 e. The molecule has 0 amide bonds. The topological polar surface area (TPSA) is 12.0 Å². The van der Waals surface area contributed by atoms with Crippen molar-refractivity contribution >= 4 is 0 Å². The fourth-order valence-electron chi connectivity index (χ4n) is 3.36. The van der Waals surface area contributed by atoms with Crippen molar-refractivity contribution in [3.8, 4) is 0 Å². The van der Waals surface area contributed by atoms with Crippen molar-refractivity contribution in [3.05, 3.63) is 0 Å². The standard InChI is InChI=1S/C15H31N/c1-4-14(5-2)15(16-3)12-13-10-8-6-7-9-11-13/h13-16H,4-12H2,1-3H3. The molecule has 1 unspecified atom stereocenters. The van der Waals surface area contributed by atoms with E-state index in [0.29, 0.717) is 0 Å². The summed E-state index contributed by atoms with van der Waals surface area (Å²) in [5.41, 5.74) is 0. The third-order valence-electron chi connectivity index (χ3n) is 4.55. The zero-order valence-corrected chi connectivity index (χ0v) is 11.6. The fraction of sp³-hybridized carbons (Fsp3) is 1.00. The summed E-state index contributed by atoms with van der Waals surface area (Å²) in [4.78, 5) is 0. The molecule has 0 aliphatic heterocycles. The molecule has 1 rings (SSSR count). The van der Waals surface area contributed by atoms with Gasteiger partial charge >= 0.3 is 0 Å². The lowest BCUT2D eigenvalue weighted by Crippen LogP contribution is -2.35. The van der Waals surface area contributed by atoms with E-state index >= 15 is 0 Å². The molecule has 0 aromatic heterocycles. The Labute approximate surface area is 102 Å². The zero-order valence-electron chi connectivity index (χ0n) is 11.6. The van der Waals surface area contributed by atoms with Crippen molar-refractivity contribution in [1.29, 1.82) is 0 Å². The molecule has 1 aliphatic carbocycles. The molecular formula is C15H31N. The molecule has 1 saturated carbocycles. The summed E-state index contributed by atoms with van der Waals surface area (Å²) in [5.74, 6) is 1.88. The van der Waals surface area contributed by atoms with Gasteiger partial charge in [-0.1, -0.05) is 65.2 Å². The number of hydrogen-bond acceptors (Lipinski definition) is 1. The lowest BCUT2D eigenvalue weighted by atomic mass is 9.84. The minimum absolute atomic E-state index is 0.762.